The fourth-order valence-corrected chi connectivity index (χ4v) is 3.53. The van der Waals surface area contributed by atoms with Crippen molar-refractivity contribution in [3.05, 3.63) is 47.6 Å². The molecule has 0 bridgehead atoms. The Bertz CT molecular complexity index is 861. The van der Waals surface area contributed by atoms with Crippen molar-refractivity contribution in [2.45, 2.75) is 31.6 Å². The van der Waals surface area contributed by atoms with Crippen LogP contribution in [-0.2, 0) is 9.59 Å². The van der Waals surface area contributed by atoms with Crippen molar-refractivity contribution in [2.24, 2.45) is 5.10 Å². The quantitative estimate of drug-likeness (QED) is 0.898. The van der Waals surface area contributed by atoms with Gasteiger partial charge < -0.3 is 9.42 Å². The molecule has 1 fully saturated rings. The number of hydrogen-bond donors (Lipinski definition) is 1. The maximum atomic E-state index is 12.8. The SMILES string of the molecule is Cc1noc([C@@H]2CN(C(=O)C3=NNC(=O)CC3)C[C@H]2c2ccccc2)n1. The average Bonchev–Trinajstić information content (AvgIpc) is 3.29. The first-order valence-electron chi connectivity index (χ1n) is 8.61. The molecule has 134 valence electrons. The van der Waals surface area contributed by atoms with Crippen LogP contribution in [0, 0.1) is 6.92 Å². The van der Waals surface area contributed by atoms with Crippen LogP contribution < -0.4 is 5.43 Å². The molecule has 2 atom stereocenters. The lowest BCUT2D eigenvalue weighted by Crippen LogP contribution is -2.39. The van der Waals surface area contributed by atoms with E-state index in [-0.39, 0.29) is 30.1 Å². The van der Waals surface area contributed by atoms with Gasteiger partial charge in [-0.05, 0) is 12.5 Å². The normalized spacial score (nSPS) is 22.9. The fourth-order valence-electron chi connectivity index (χ4n) is 3.53. The summed E-state index contributed by atoms with van der Waals surface area (Å²) >= 11 is 0. The van der Waals surface area contributed by atoms with E-state index in [1.807, 2.05) is 30.3 Å². The standard InChI is InChI=1S/C18H19N5O3/c1-11-19-17(26-22-11)14-10-23(9-13(14)12-5-3-2-4-6-12)18(25)15-7-8-16(24)21-20-15/h2-6,13-14H,7-10H2,1H3,(H,21,24)/t13-,14+/m0/s1. The zero-order valence-electron chi connectivity index (χ0n) is 14.4. The number of nitrogens with one attached hydrogen (secondary N) is 1. The Morgan fingerprint density at radius 2 is 1.96 bits per heavy atom. The maximum Gasteiger partial charge on any atom is 0.270 e. The van der Waals surface area contributed by atoms with Crippen molar-refractivity contribution in [1.82, 2.24) is 20.5 Å². The average molecular weight is 353 g/mol. The Hall–Kier alpha value is -3.03. The number of hydrogen-bond acceptors (Lipinski definition) is 6. The molecule has 26 heavy (non-hydrogen) atoms. The van der Waals surface area contributed by atoms with Crippen LogP contribution in [0.15, 0.2) is 40.0 Å². The Morgan fingerprint density at radius 3 is 2.62 bits per heavy atom. The molecule has 2 aromatic rings. The number of likely N-dealkylation sites (tertiary alicyclic amines) is 1. The van der Waals surface area contributed by atoms with Gasteiger partial charge in [0.05, 0.1) is 5.92 Å². The molecule has 4 rings (SSSR count). The predicted octanol–water partition coefficient (Wildman–Crippen LogP) is 1.35. The van der Waals surface area contributed by atoms with Crippen LogP contribution in [0.5, 0.6) is 0 Å². The van der Waals surface area contributed by atoms with Gasteiger partial charge in [0, 0.05) is 31.8 Å². The number of aromatic nitrogens is 2. The van der Waals surface area contributed by atoms with E-state index < -0.39 is 0 Å². The second-order valence-electron chi connectivity index (χ2n) is 6.61. The van der Waals surface area contributed by atoms with Gasteiger partial charge in [-0.1, -0.05) is 35.5 Å². The number of benzene rings is 1. The van der Waals surface area contributed by atoms with Crippen LogP contribution in [0.3, 0.4) is 0 Å². The van der Waals surface area contributed by atoms with E-state index in [0.29, 0.717) is 36.9 Å². The number of rotatable bonds is 3. The minimum absolute atomic E-state index is 0.0682. The summed E-state index contributed by atoms with van der Waals surface area (Å²) in [4.78, 5) is 30.2. The second-order valence-corrected chi connectivity index (χ2v) is 6.61. The zero-order valence-corrected chi connectivity index (χ0v) is 14.4. The summed E-state index contributed by atoms with van der Waals surface area (Å²) in [5.41, 5.74) is 3.90. The Morgan fingerprint density at radius 1 is 1.19 bits per heavy atom. The molecular weight excluding hydrogens is 334 g/mol. The fraction of sp³-hybridized carbons (Fsp3) is 0.389. The monoisotopic (exact) mass is 353 g/mol. The largest absolute Gasteiger partial charge is 0.339 e. The third-order valence-electron chi connectivity index (χ3n) is 4.85. The zero-order chi connectivity index (χ0) is 18.1. The molecule has 1 aromatic heterocycles. The topological polar surface area (TPSA) is 101 Å². The molecule has 2 aliphatic rings. The molecule has 0 unspecified atom stereocenters. The van der Waals surface area contributed by atoms with E-state index >= 15 is 0 Å². The third kappa shape index (κ3) is 3.10. The molecule has 8 nitrogen and oxygen atoms in total. The van der Waals surface area contributed by atoms with Gasteiger partial charge >= 0.3 is 0 Å². The van der Waals surface area contributed by atoms with Gasteiger partial charge in [0.25, 0.3) is 5.91 Å². The van der Waals surface area contributed by atoms with Crippen LogP contribution in [0.4, 0.5) is 0 Å². The van der Waals surface area contributed by atoms with Crippen molar-refractivity contribution in [3.8, 4) is 0 Å². The van der Waals surface area contributed by atoms with E-state index in [2.05, 4.69) is 20.7 Å². The van der Waals surface area contributed by atoms with E-state index in [0.717, 1.165) is 5.56 Å². The van der Waals surface area contributed by atoms with E-state index in [4.69, 9.17) is 4.52 Å². The maximum absolute atomic E-state index is 12.8. The van der Waals surface area contributed by atoms with E-state index in [1.165, 1.54) is 0 Å². The summed E-state index contributed by atoms with van der Waals surface area (Å²) in [6.45, 7) is 2.80. The van der Waals surface area contributed by atoms with Gasteiger partial charge in [0.15, 0.2) is 5.82 Å². The first kappa shape index (κ1) is 16.4. The van der Waals surface area contributed by atoms with Crippen molar-refractivity contribution < 1.29 is 14.1 Å². The second kappa shape index (κ2) is 6.70. The number of carbonyl (C=O) groups is 2. The molecule has 8 heteroatoms. The molecule has 0 spiro atoms. The molecule has 0 saturated carbocycles. The lowest BCUT2D eigenvalue weighted by Gasteiger charge is -2.19. The summed E-state index contributed by atoms with van der Waals surface area (Å²) in [6.07, 6.45) is 0.647. The van der Waals surface area contributed by atoms with Crippen LogP contribution in [-0.4, -0.2) is 45.7 Å². The Kier molecular flexibility index (Phi) is 4.24. The molecule has 1 aromatic carbocycles. The summed E-state index contributed by atoms with van der Waals surface area (Å²) in [6, 6.07) is 10.0. The Labute approximate surface area is 150 Å². The van der Waals surface area contributed by atoms with Crippen molar-refractivity contribution in [2.75, 3.05) is 13.1 Å². The summed E-state index contributed by atoms with van der Waals surface area (Å²) in [5.74, 6) is 0.815. The first-order valence-corrected chi connectivity index (χ1v) is 8.61. The lowest BCUT2D eigenvalue weighted by atomic mass is 9.89. The minimum atomic E-state index is -0.163. The van der Waals surface area contributed by atoms with E-state index in [9.17, 15) is 9.59 Å². The molecule has 0 aliphatic carbocycles. The molecular formula is C18H19N5O3. The van der Waals surface area contributed by atoms with Gasteiger partial charge in [-0.15, -0.1) is 0 Å². The number of hydrazone groups is 1. The predicted molar refractivity (Wildman–Crippen MR) is 92.4 cm³/mol. The third-order valence-corrected chi connectivity index (χ3v) is 4.85. The highest BCUT2D eigenvalue weighted by atomic mass is 16.5. The van der Waals surface area contributed by atoms with Gasteiger partial charge in [0.1, 0.15) is 5.71 Å². The van der Waals surface area contributed by atoms with Crippen molar-refractivity contribution >= 4 is 17.5 Å². The number of nitrogens with zero attached hydrogens (tertiary/aromatic N) is 4. The summed E-state index contributed by atoms with van der Waals surface area (Å²) < 4.78 is 5.40. The van der Waals surface area contributed by atoms with Gasteiger partial charge in [-0.3, -0.25) is 9.59 Å². The number of amides is 2. The highest BCUT2D eigenvalue weighted by Gasteiger charge is 2.41. The van der Waals surface area contributed by atoms with Gasteiger partial charge in [-0.25, -0.2) is 5.43 Å². The molecule has 2 aliphatic heterocycles. The van der Waals surface area contributed by atoms with Crippen LogP contribution >= 0.6 is 0 Å². The Balaban J connectivity index is 1.61. The van der Waals surface area contributed by atoms with Crippen LogP contribution in [0.2, 0.25) is 0 Å². The molecule has 2 amide bonds. The highest BCUT2D eigenvalue weighted by molar-refractivity contribution is 6.39. The first-order chi connectivity index (χ1) is 12.6. The highest BCUT2D eigenvalue weighted by Crippen LogP contribution is 2.39. The van der Waals surface area contributed by atoms with Crippen LogP contribution in [0.25, 0.3) is 0 Å². The smallest absolute Gasteiger partial charge is 0.270 e. The van der Waals surface area contributed by atoms with Crippen LogP contribution in [0.1, 0.15) is 42.0 Å². The van der Waals surface area contributed by atoms with Crippen molar-refractivity contribution in [3.63, 3.8) is 0 Å². The lowest BCUT2D eigenvalue weighted by molar-refractivity contribution is -0.123. The summed E-state index contributed by atoms with van der Waals surface area (Å²) in [5, 5.41) is 7.83. The van der Waals surface area contributed by atoms with Gasteiger partial charge in [0.2, 0.25) is 11.8 Å². The molecule has 1 saturated heterocycles. The molecule has 1 N–H and O–H groups in total. The number of aryl methyl sites for hydroxylation is 1. The van der Waals surface area contributed by atoms with E-state index in [1.54, 1.807) is 11.8 Å². The van der Waals surface area contributed by atoms with Crippen molar-refractivity contribution in [1.29, 1.82) is 0 Å². The minimum Gasteiger partial charge on any atom is -0.339 e. The molecule has 0 radical (unpaired) electrons. The summed E-state index contributed by atoms with van der Waals surface area (Å²) in [7, 11) is 0. The molecule has 3 heterocycles. The van der Waals surface area contributed by atoms with Gasteiger partial charge in [-0.2, -0.15) is 10.1 Å². The number of carbonyl (C=O) groups excluding carboxylic acids is 2.